The van der Waals surface area contributed by atoms with Gasteiger partial charge in [0.2, 0.25) is 11.8 Å². The lowest BCUT2D eigenvalue weighted by atomic mass is 9.86. The number of aliphatic hydroxyl groups excluding tert-OH is 1. The second-order valence-electron chi connectivity index (χ2n) is 14.6. The van der Waals surface area contributed by atoms with Crippen LogP contribution in [0.1, 0.15) is 86.1 Å². The Hall–Kier alpha value is -2.85. The first-order chi connectivity index (χ1) is 21.1. The third-order valence-corrected chi connectivity index (χ3v) is 8.32. The van der Waals surface area contributed by atoms with Crippen LogP contribution in [0.4, 0.5) is 10.5 Å². The van der Waals surface area contributed by atoms with Crippen molar-refractivity contribution in [3.63, 3.8) is 0 Å². The van der Waals surface area contributed by atoms with Crippen LogP contribution in [-0.4, -0.2) is 85.1 Å². The quantitative estimate of drug-likeness (QED) is 0.267. The highest BCUT2D eigenvalue weighted by atomic mass is 16.6. The summed E-state index contributed by atoms with van der Waals surface area (Å²) in [4.78, 5) is 44.8. The first-order valence-electron chi connectivity index (χ1n) is 16.6. The van der Waals surface area contributed by atoms with Gasteiger partial charge in [-0.2, -0.15) is 0 Å². The summed E-state index contributed by atoms with van der Waals surface area (Å²) < 4.78 is 16.9. The molecule has 4 atom stereocenters. The summed E-state index contributed by atoms with van der Waals surface area (Å²) in [7, 11) is 1.66. The Balaban J connectivity index is 1.88. The van der Waals surface area contributed by atoms with Crippen molar-refractivity contribution in [3.05, 3.63) is 23.8 Å². The molecule has 2 aliphatic rings. The van der Waals surface area contributed by atoms with Gasteiger partial charge in [-0.15, -0.1) is 0 Å². The fraction of sp³-hybridized carbons (Fsp3) is 0.743. The Bertz CT molecular complexity index is 1140. The topological polar surface area (TPSA) is 118 Å². The van der Waals surface area contributed by atoms with E-state index in [-0.39, 0.29) is 42.8 Å². The molecule has 2 fully saturated rings. The number of aliphatic hydroxyl groups is 1. The first kappa shape index (κ1) is 36.6. The molecule has 1 saturated carbocycles. The van der Waals surface area contributed by atoms with Crippen LogP contribution < -0.4 is 15.0 Å². The summed E-state index contributed by atoms with van der Waals surface area (Å²) in [6.45, 7) is 16.7. The van der Waals surface area contributed by atoms with E-state index < -0.39 is 35.7 Å². The van der Waals surface area contributed by atoms with Crippen molar-refractivity contribution in [2.24, 2.45) is 23.7 Å². The van der Waals surface area contributed by atoms with Crippen molar-refractivity contribution in [2.75, 3.05) is 38.3 Å². The van der Waals surface area contributed by atoms with Crippen LogP contribution in [-0.2, 0) is 19.1 Å². The normalized spacial score (nSPS) is 20.1. The lowest BCUT2D eigenvalue weighted by Gasteiger charge is -2.39. The molecule has 0 aromatic heterocycles. The van der Waals surface area contributed by atoms with Crippen LogP contribution in [0, 0.1) is 30.6 Å². The highest BCUT2D eigenvalue weighted by Crippen LogP contribution is 2.37. The van der Waals surface area contributed by atoms with Gasteiger partial charge in [-0.1, -0.05) is 33.8 Å². The SMILES string of the molecule is COCCCOc1cc(N(C(=O)[C@@H]2C[C@H](C(=O)NC(CC(C)C)C(O)C(C)C)CN(C(=O)OC(C)(C)C)C2)C2CC2)ccc1C. The van der Waals surface area contributed by atoms with Gasteiger partial charge < -0.3 is 34.4 Å². The van der Waals surface area contributed by atoms with Crippen molar-refractivity contribution in [3.8, 4) is 5.75 Å². The molecule has 1 heterocycles. The van der Waals surface area contributed by atoms with E-state index in [2.05, 4.69) is 19.2 Å². The van der Waals surface area contributed by atoms with Gasteiger partial charge in [-0.05, 0) is 76.8 Å². The molecule has 1 aliphatic heterocycles. The van der Waals surface area contributed by atoms with Gasteiger partial charge in [0.05, 0.1) is 30.6 Å². The number of piperidine rings is 1. The van der Waals surface area contributed by atoms with E-state index in [0.29, 0.717) is 26.1 Å². The zero-order valence-electron chi connectivity index (χ0n) is 28.9. The molecular formula is C35H57N3O7. The van der Waals surface area contributed by atoms with Crippen LogP contribution in [0.5, 0.6) is 5.75 Å². The Kier molecular flexibility index (Phi) is 13.1. The Morgan fingerprint density at radius 1 is 1.07 bits per heavy atom. The maximum Gasteiger partial charge on any atom is 0.410 e. The molecule has 1 aliphatic carbocycles. The van der Waals surface area contributed by atoms with Crippen LogP contribution >= 0.6 is 0 Å². The van der Waals surface area contributed by atoms with Crippen LogP contribution in [0.2, 0.25) is 0 Å². The minimum Gasteiger partial charge on any atom is -0.493 e. The zero-order valence-corrected chi connectivity index (χ0v) is 28.9. The molecule has 3 rings (SSSR count). The summed E-state index contributed by atoms with van der Waals surface area (Å²) >= 11 is 0. The fourth-order valence-corrected chi connectivity index (χ4v) is 5.83. The number of carbonyl (C=O) groups is 3. The molecule has 3 amide bonds. The van der Waals surface area contributed by atoms with Crippen LogP contribution in [0.3, 0.4) is 0 Å². The maximum absolute atomic E-state index is 14.4. The predicted octanol–water partition coefficient (Wildman–Crippen LogP) is 5.33. The summed E-state index contributed by atoms with van der Waals surface area (Å²) in [5.41, 5.74) is 1.00. The smallest absolute Gasteiger partial charge is 0.410 e. The molecule has 254 valence electrons. The Morgan fingerprint density at radius 3 is 2.31 bits per heavy atom. The molecule has 10 heteroatoms. The lowest BCUT2D eigenvalue weighted by molar-refractivity contribution is -0.132. The molecule has 2 unspecified atom stereocenters. The maximum atomic E-state index is 14.4. The number of aryl methyl sites for hydroxylation is 1. The number of amides is 3. The highest BCUT2D eigenvalue weighted by Gasteiger charge is 2.44. The van der Waals surface area contributed by atoms with Crippen LogP contribution in [0.25, 0.3) is 0 Å². The van der Waals surface area contributed by atoms with Crippen molar-refractivity contribution in [2.45, 2.75) is 111 Å². The minimum absolute atomic E-state index is 0.0385. The number of benzene rings is 1. The average Bonchev–Trinajstić information content (AvgIpc) is 3.79. The largest absolute Gasteiger partial charge is 0.493 e. The number of rotatable bonds is 14. The number of hydrogen-bond donors (Lipinski definition) is 2. The number of anilines is 1. The van der Waals surface area contributed by atoms with E-state index in [1.165, 1.54) is 4.90 Å². The summed E-state index contributed by atoms with van der Waals surface area (Å²) in [6, 6.07) is 5.45. The Morgan fingerprint density at radius 2 is 1.73 bits per heavy atom. The number of carbonyl (C=O) groups excluding carboxylic acids is 3. The second kappa shape index (κ2) is 16.1. The van der Waals surface area contributed by atoms with E-state index in [0.717, 1.165) is 36.3 Å². The van der Waals surface area contributed by atoms with Crippen molar-refractivity contribution in [1.82, 2.24) is 10.2 Å². The number of hydrogen-bond acceptors (Lipinski definition) is 7. The average molecular weight is 632 g/mol. The fourth-order valence-electron chi connectivity index (χ4n) is 5.83. The van der Waals surface area contributed by atoms with Crippen molar-refractivity contribution < 1.29 is 33.7 Å². The molecule has 0 bridgehead atoms. The lowest BCUT2D eigenvalue weighted by Crippen LogP contribution is -2.56. The molecule has 10 nitrogen and oxygen atoms in total. The minimum atomic E-state index is -0.725. The van der Waals surface area contributed by atoms with Gasteiger partial charge in [0.15, 0.2) is 0 Å². The van der Waals surface area contributed by atoms with Gasteiger partial charge in [0.1, 0.15) is 11.4 Å². The molecule has 0 spiro atoms. The molecule has 0 radical (unpaired) electrons. The number of methoxy groups -OCH3 is 1. The molecular weight excluding hydrogens is 574 g/mol. The molecule has 1 aromatic carbocycles. The third kappa shape index (κ3) is 10.9. The summed E-state index contributed by atoms with van der Waals surface area (Å²) in [5, 5.41) is 14.0. The van der Waals surface area contributed by atoms with Gasteiger partial charge >= 0.3 is 6.09 Å². The third-order valence-electron chi connectivity index (χ3n) is 8.32. The van der Waals surface area contributed by atoms with E-state index in [1.807, 2.05) is 43.9 Å². The molecule has 45 heavy (non-hydrogen) atoms. The number of likely N-dealkylation sites (tertiary alicyclic amines) is 1. The standard InChI is InChI=1S/C35H57N3O7/c1-22(2)17-29(31(39)23(3)4)36-32(40)25-18-26(21-37(20-25)34(42)45-35(6,7)8)33(41)38(27-13-14-27)28-12-11-24(5)30(19-28)44-16-10-15-43-9/h11-12,19,22-23,25-27,29,31,39H,10,13-18,20-21H2,1-9H3,(H,36,40)/t25-,26+,29?,31?/m0/s1. The molecule has 2 N–H and O–H groups in total. The van der Waals surface area contributed by atoms with Gasteiger partial charge in [-0.25, -0.2) is 4.79 Å². The van der Waals surface area contributed by atoms with E-state index in [9.17, 15) is 19.5 Å². The molecule has 1 saturated heterocycles. The summed E-state index contributed by atoms with van der Waals surface area (Å²) in [5.74, 6) is -0.661. The number of nitrogens with zero attached hydrogens (tertiary/aromatic N) is 2. The monoisotopic (exact) mass is 631 g/mol. The predicted molar refractivity (Wildman–Crippen MR) is 175 cm³/mol. The number of ether oxygens (including phenoxy) is 3. The number of nitrogens with one attached hydrogen (secondary N) is 1. The van der Waals surface area contributed by atoms with Crippen LogP contribution in [0.15, 0.2) is 18.2 Å². The van der Waals surface area contributed by atoms with E-state index >= 15 is 0 Å². The van der Waals surface area contributed by atoms with Crippen molar-refractivity contribution >= 4 is 23.6 Å². The Labute approximate surface area is 270 Å². The van der Waals surface area contributed by atoms with Crippen molar-refractivity contribution in [1.29, 1.82) is 0 Å². The van der Waals surface area contributed by atoms with Gasteiger partial charge in [0, 0.05) is 51.0 Å². The van der Waals surface area contributed by atoms with Gasteiger partial charge in [0.25, 0.3) is 0 Å². The molecule has 1 aromatic rings. The van der Waals surface area contributed by atoms with E-state index in [1.54, 1.807) is 27.9 Å². The first-order valence-corrected chi connectivity index (χ1v) is 16.6. The van der Waals surface area contributed by atoms with Gasteiger partial charge in [-0.3, -0.25) is 9.59 Å². The van der Waals surface area contributed by atoms with E-state index in [4.69, 9.17) is 14.2 Å². The summed E-state index contributed by atoms with van der Waals surface area (Å²) in [6.07, 6.45) is 2.19. The highest BCUT2D eigenvalue weighted by molar-refractivity contribution is 5.97. The second-order valence-corrected chi connectivity index (χ2v) is 14.6. The zero-order chi connectivity index (χ0) is 33.5.